The van der Waals surface area contributed by atoms with Gasteiger partial charge in [-0.05, 0) is 32.6 Å². The topological polar surface area (TPSA) is 18.5 Å². The first-order valence-corrected chi connectivity index (χ1v) is 5.29. The van der Waals surface area contributed by atoms with Crippen molar-refractivity contribution < 1.29 is 9.47 Å². The maximum Gasteiger partial charge on any atom is 0.0865 e. The minimum atomic E-state index is 0.0909. The molecule has 0 bridgehead atoms. The van der Waals surface area contributed by atoms with Crippen LogP contribution in [0.3, 0.4) is 0 Å². The third-order valence-electron chi connectivity index (χ3n) is 2.98. The monoisotopic (exact) mass is 182 g/mol. The molecule has 0 aromatic heterocycles. The summed E-state index contributed by atoms with van der Waals surface area (Å²) in [6.45, 7) is 3.79. The van der Waals surface area contributed by atoms with E-state index in [1.54, 1.807) is 0 Å². The van der Waals surface area contributed by atoms with E-state index in [2.05, 4.69) is 12.2 Å². The van der Waals surface area contributed by atoms with Crippen LogP contribution in [0.25, 0.3) is 0 Å². The van der Waals surface area contributed by atoms with Gasteiger partial charge < -0.3 is 9.47 Å². The van der Waals surface area contributed by atoms with E-state index >= 15 is 0 Å². The summed E-state index contributed by atoms with van der Waals surface area (Å²) in [6, 6.07) is 0. The van der Waals surface area contributed by atoms with E-state index in [0.717, 1.165) is 26.1 Å². The normalized spacial score (nSPS) is 38.7. The van der Waals surface area contributed by atoms with E-state index < -0.39 is 0 Å². The van der Waals surface area contributed by atoms with E-state index in [4.69, 9.17) is 9.47 Å². The highest BCUT2D eigenvalue weighted by atomic mass is 16.5. The first kappa shape index (κ1) is 9.22. The van der Waals surface area contributed by atoms with Crippen molar-refractivity contribution in [2.75, 3.05) is 13.2 Å². The molecule has 1 saturated heterocycles. The molecule has 1 heterocycles. The van der Waals surface area contributed by atoms with E-state index in [-0.39, 0.29) is 5.60 Å². The second kappa shape index (κ2) is 3.81. The fourth-order valence-electron chi connectivity index (χ4n) is 2.25. The Balaban J connectivity index is 1.94. The van der Waals surface area contributed by atoms with Gasteiger partial charge in [-0.1, -0.05) is 12.2 Å². The molecule has 0 radical (unpaired) electrons. The van der Waals surface area contributed by atoms with Gasteiger partial charge in [-0.2, -0.15) is 0 Å². The molecular weight excluding hydrogens is 164 g/mol. The van der Waals surface area contributed by atoms with Crippen molar-refractivity contribution in [2.45, 2.75) is 44.3 Å². The molecule has 0 aromatic carbocycles. The van der Waals surface area contributed by atoms with Gasteiger partial charge in [0, 0.05) is 13.2 Å². The number of rotatable bonds is 2. The Morgan fingerprint density at radius 3 is 3.00 bits per heavy atom. The molecule has 2 atom stereocenters. The lowest BCUT2D eigenvalue weighted by Gasteiger charge is -2.30. The molecule has 74 valence electrons. The van der Waals surface area contributed by atoms with Crippen LogP contribution in [0.5, 0.6) is 0 Å². The molecular formula is C11H18O2. The van der Waals surface area contributed by atoms with Crippen LogP contribution in [0.4, 0.5) is 0 Å². The van der Waals surface area contributed by atoms with Crippen LogP contribution in [-0.4, -0.2) is 24.9 Å². The summed E-state index contributed by atoms with van der Waals surface area (Å²) in [7, 11) is 0. The fraction of sp³-hybridized carbons (Fsp3) is 0.818. The lowest BCUT2D eigenvalue weighted by atomic mass is 9.87. The van der Waals surface area contributed by atoms with Crippen molar-refractivity contribution in [3.8, 4) is 0 Å². The van der Waals surface area contributed by atoms with Crippen molar-refractivity contribution in [1.82, 2.24) is 0 Å². The van der Waals surface area contributed by atoms with Gasteiger partial charge in [0.05, 0.1) is 11.7 Å². The highest BCUT2D eigenvalue weighted by Crippen LogP contribution is 2.35. The molecule has 1 fully saturated rings. The van der Waals surface area contributed by atoms with E-state index in [9.17, 15) is 0 Å². The average molecular weight is 182 g/mol. The number of ether oxygens (including phenoxy) is 2. The molecule has 1 aliphatic carbocycles. The summed E-state index contributed by atoms with van der Waals surface area (Å²) in [6.07, 6.45) is 9.40. The first-order chi connectivity index (χ1) is 6.35. The minimum Gasteiger partial charge on any atom is -0.374 e. The quantitative estimate of drug-likeness (QED) is 0.610. The summed E-state index contributed by atoms with van der Waals surface area (Å²) in [4.78, 5) is 0. The summed E-state index contributed by atoms with van der Waals surface area (Å²) < 4.78 is 11.3. The summed E-state index contributed by atoms with van der Waals surface area (Å²) in [5.74, 6) is 0. The van der Waals surface area contributed by atoms with Crippen molar-refractivity contribution in [3.63, 3.8) is 0 Å². The Kier molecular flexibility index (Phi) is 2.70. The molecule has 1 aliphatic heterocycles. The Hall–Kier alpha value is -0.340. The molecule has 2 aliphatic rings. The van der Waals surface area contributed by atoms with Crippen LogP contribution in [0.2, 0.25) is 0 Å². The Morgan fingerprint density at radius 1 is 1.54 bits per heavy atom. The van der Waals surface area contributed by atoms with Crippen molar-refractivity contribution >= 4 is 0 Å². The zero-order valence-electron chi connectivity index (χ0n) is 8.29. The van der Waals surface area contributed by atoms with Crippen molar-refractivity contribution in [3.05, 3.63) is 12.2 Å². The number of hydrogen-bond donors (Lipinski definition) is 0. The first-order valence-electron chi connectivity index (χ1n) is 5.29. The molecule has 0 unspecified atom stereocenters. The summed E-state index contributed by atoms with van der Waals surface area (Å²) in [5.41, 5.74) is 0.0909. The largest absolute Gasteiger partial charge is 0.374 e. The van der Waals surface area contributed by atoms with Crippen LogP contribution >= 0.6 is 0 Å². The zero-order valence-corrected chi connectivity index (χ0v) is 8.29. The molecule has 2 nitrogen and oxygen atoms in total. The summed E-state index contributed by atoms with van der Waals surface area (Å²) >= 11 is 0. The van der Waals surface area contributed by atoms with Crippen molar-refractivity contribution in [2.24, 2.45) is 0 Å². The highest BCUT2D eigenvalue weighted by molar-refractivity contribution is 5.11. The lowest BCUT2D eigenvalue weighted by Crippen LogP contribution is -2.31. The van der Waals surface area contributed by atoms with Crippen LogP contribution in [0.15, 0.2) is 12.2 Å². The Labute approximate surface area is 79.9 Å². The van der Waals surface area contributed by atoms with Crippen LogP contribution in [0, 0.1) is 0 Å². The van der Waals surface area contributed by atoms with Crippen LogP contribution in [-0.2, 0) is 9.47 Å². The third-order valence-corrected chi connectivity index (χ3v) is 2.98. The van der Waals surface area contributed by atoms with Gasteiger partial charge in [-0.25, -0.2) is 0 Å². The van der Waals surface area contributed by atoms with Gasteiger partial charge in [-0.3, -0.25) is 0 Å². The Morgan fingerprint density at radius 2 is 2.46 bits per heavy atom. The van der Waals surface area contributed by atoms with E-state index in [1.165, 1.54) is 12.8 Å². The van der Waals surface area contributed by atoms with Crippen LogP contribution in [0.1, 0.15) is 32.6 Å². The minimum absolute atomic E-state index is 0.0909. The smallest absolute Gasteiger partial charge is 0.0865 e. The molecule has 13 heavy (non-hydrogen) atoms. The average Bonchev–Trinajstić information content (AvgIpc) is 2.59. The maximum absolute atomic E-state index is 5.77. The van der Waals surface area contributed by atoms with Gasteiger partial charge in [0.25, 0.3) is 0 Å². The van der Waals surface area contributed by atoms with Gasteiger partial charge in [0.2, 0.25) is 0 Å². The molecule has 2 rings (SSSR count). The van der Waals surface area contributed by atoms with Gasteiger partial charge >= 0.3 is 0 Å². The fourth-order valence-corrected chi connectivity index (χ4v) is 2.25. The summed E-state index contributed by atoms with van der Waals surface area (Å²) in [5, 5.41) is 0. The molecule has 0 N–H and O–H groups in total. The van der Waals surface area contributed by atoms with Gasteiger partial charge in [0.1, 0.15) is 0 Å². The molecule has 0 saturated carbocycles. The maximum atomic E-state index is 5.77. The van der Waals surface area contributed by atoms with E-state index in [0.29, 0.717) is 6.10 Å². The second-order valence-corrected chi connectivity index (χ2v) is 3.91. The SMILES string of the molecule is CCO[C@@H]1C=C[C@]2(CCCO2)CC1. The highest BCUT2D eigenvalue weighted by Gasteiger charge is 2.35. The Bertz CT molecular complexity index is 192. The predicted molar refractivity (Wildman–Crippen MR) is 51.7 cm³/mol. The zero-order chi connectivity index (χ0) is 9.15. The van der Waals surface area contributed by atoms with Gasteiger partial charge in [-0.15, -0.1) is 0 Å². The number of hydrogen-bond acceptors (Lipinski definition) is 2. The standard InChI is InChI=1S/C11H18O2/c1-2-12-10-4-7-11(8-5-10)6-3-9-13-11/h4,7,10H,2-3,5-6,8-9H2,1H3/t10-,11-/m1/s1. The second-order valence-electron chi connectivity index (χ2n) is 3.91. The van der Waals surface area contributed by atoms with E-state index in [1.807, 2.05) is 6.92 Å². The lowest BCUT2D eigenvalue weighted by molar-refractivity contribution is 0.00580. The molecule has 0 aromatic rings. The van der Waals surface area contributed by atoms with Crippen LogP contribution < -0.4 is 0 Å². The molecule has 0 amide bonds. The van der Waals surface area contributed by atoms with Crippen molar-refractivity contribution in [1.29, 1.82) is 0 Å². The van der Waals surface area contributed by atoms with Gasteiger partial charge in [0.15, 0.2) is 0 Å². The predicted octanol–water partition coefficient (Wildman–Crippen LogP) is 2.29. The molecule has 1 spiro atoms. The third kappa shape index (κ3) is 1.94. The molecule has 2 heteroatoms.